The summed E-state index contributed by atoms with van der Waals surface area (Å²) in [7, 11) is 1.75. The second kappa shape index (κ2) is 9.83. The first-order valence-corrected chi connectivity index (χ1v) is 8.66. The number of hydrogen-bond donors (Lipinski definition) is 0. The van der Waals surface area contributed by atoms with Crippen molar-refractivity contribution in [3.8, 4) is 0 Å². The molecule has 0 unspecified atom stereocenters. The number of allylic oxidation sites excluding steroid dienone is 3. The van der Waals surface area contributed by atoms with Gasteiger partial charge < -0.3 is 14.5 Å². The van der Waals surface area contributed by atoms with E-state index in [1.807, 2.05) is 13.0 Å². The summed E-state index contributed by atoms with van der Waals surface area (Å²) in [4.78, 5) is 7.94. The number of methoxy groups -OCH3 is 1. The molecule has 0 N–H and O–H groups in total. The Hall–Kier alpha value is -1.20. The average Bonchev–Trinajstić information content (AvgIpc) is 2.63. The zero-order valence-corrected chi connectivity index (χ0v) is 14.3. The Morgan fingerprint density at radius 2 is 2.13 bits per heavy atom. The number of likely N-dealkylation sites (tertiary alicyclic amines) is 1. The van der Waals surface area contributed by atoms with Gasteiger partial charge in [-0.15, -0.1) is 0 Å². The van der Waals surface area contributed by atoms with Crippen LogP contribution in [0.3, 0.4) is 0 Å². The summed E-state index contributed by atoms with van der Waals surface area (Å²) < 4.78 is 18.6. The van der Waals surface area contributed by atoms with E-state index in [1.54, 1.807) is 7.11 Å². The van der Waals surface area contributed by atoms with Gasteiger partial charge in [0.05, 0.1) is 5.71 Å². The van der Waals surface area contributed by atoms with Crippen LogP contribution >= 0.6 is 0 Å². The van der Waals surface area contributed by atoms with Crippen LogP contribution in [0.5, 0.6) is 0 Å². The molecule has 0 saturated carbocycles. The number of oxime groups is 1. The molecule has 0 aromatic carbocycles. The summed E-state index contributed by atoms with van der Waals surface area (Å²) in [6.07, 6.45) is 9.68. The van der Waals surface area contributed by atoms with Crippen molar-refractivity contribution in [3.63, 3.8) is 0 Å². The number of ether oxygens (including phenoxy) is 1. The highest BCUT2D eigenvalue weighted by molar-refractivity contribution is 5.87. The fourth-order valence-electron chi connectivity index (χ4n) is 3.10. The molecule has 23 heavy (non-hydrogen) atoms. The van der Waals surface area contributed by atoms with Gasteiger partial charge in [-0.25, -0.2) is 4.39 Å². The first-order chi connectivity index (χ1) is 11.2. The molecule has 2 aliphatic heterocycles. The van der Waals surface area contributed by atoms with Gasteiger partial charge in [0.25, 0.3) is 0 Å². The molecule has 5 heteroatoms. The predicted molar refractivity (Wildman–Crippen MR) is 91.2 cm³/mol. The van der Waals surface area contributed by atoms with E-state index < -0.39 is 0 Å². The van der Waals surface area contributed by atoms with E-state index in [1.165, 1.54) is 18.6 Å². The van der Waals surface area contributed by atoms with Crippen molar-refractivity contribution in [1.82, 2.24) is 4.90 Å². The van der Waals surface area contributed by atoms with E-state index in [2.05, 4.69) is 10.1 Å². The number of halogens is 1. The summed E-state index contributed by atoms with van der Waals surface area (Å²) in [5.74, 6) is 0.197. The standard InChI is InChI=1S/C18H29FN2O2/c1-15-14-17(19)6-5-7-18(20-23-15)16-8-11-21(12-9-16)10-3-4-13-22-2/h5-6,14-16H,3-4,7-13H2,1-2H3/b6-5-,17-14+,20-18+/t15-/m1/s1. The zero-order chi connectivity index (χ0) is 16.5. The summed E-state index contributed by atoms with van der Waals surface area (Å²) in [5.41, 5.74) is 1.05. The van der Waals surface area contributed by atoms with Gasteiger partial charge in [0, 0.05) is 26.1 Å². The normalized spacial score (nSPS) is 30.1. The third-order valence-electron chi connectivity index (χ3n) is 4.47. The number of piperidine rings is 1. The van der Waals surface area contributed by atoms with Crippen LogP contribution < -0.4 is 0 Å². The molecular weight excluding hydrogens is 295 g/mol. The fourth-order valence-corrected chi connectivity index (χ4v) is 3.10. The highest BCUT2D eigenvalue weighted by atomic mass is 19.1. The molecule has 2 heterocycles. The molecule has 0 aromatic heterocycles. The van der Waals surface area contributed by atoms with E-state index in [0.717, 1.165) is 51.2 Å². The zero-order valence-electron chi connectivity index (χ0n) is 14.3. The number of rotatable bonds is 6. The highest BCUT2D eigenvalue weighted by Gasteiger charge is 2.23. The van der Waals surface area contributed by atoms with Crippen LogP contribution in [0, 0.1) is 5.92 Å². The van der Waals surface area contributed by atoms with E-state index in [4.69, 9.17) is 9.57 Å². The monoisotopic (exact) mass is 324 g/mol. The lowest BCUT2D eigenvalue weighted by atomic mass is 9.90. The van der Waals surface area contributed by atoms with Crippen LogP contribution in [0.1, 0.15) is 39.0 Å². The van der Waals surface area contributed by atoms with E-state index >= 15 is 0 Å². The van der Waals surface area contributed by atoms with E-state index in [0.29, 0.717) is 12.3 Å². The quantitative estimate of drug-likeness (QED) is 0.699. The summed E-state index contributed by atoms with van der Waals surface area (Å²) in [5, 5.41) is 4.31. The van der Waals surface area contributed by atoms with Crippen molar-refractivity contribution in [1.29, 1.82) is 0 Å². The SMILES string of the molecule is COCCCCN1CCC(/C2=N/O[C@H](C)/C=C(F)\C=C/C2)CC1. The number of nitrogens with zero attached hydrogens (tertiary/aromatic N) is 2. The molecule has 4 nitrogen and oxygen atoms in total. The molecule has 0 radical (unpaired) electrons. The van der Waals surface area contributed by atoms with Crippen molar-refractivity contribution in [2.24, 2.45) is 11.1 Å². The van der Waals surface area contributed by atoms with Gasteiger partial charge in [-0.05, 0) is 64.4 Å². The molecule has 0 spiro atoms. The lowest BCUT2D eigenvalue weighted by Crippen LogP contribution is -2.37. The van der Waals surface area contributed by atoms with Gasteiger partial charge in [0.1, 0.15) is 11.9 Å². The van der Waals surface area contributed by atoms with E-state index in [9.17, 15) is 4.39 Å². The molecule has 1 fully saturated rings. The van der Waals surface area contributed by atoms with Crippen molar-refractivity contribution in [2.75, 3.05) is 33.4 Å². The van der Waals surface area contributed by atoms with Crippen LogP contribution in [0.25, 0.3) is 0 Å². The third kappa shape index (κ3) is 6.43. The van der Waals surface area contributed by atoms with Crippen molar-refractivity contribution >= 4 is 5.71 Å². The Kier molecular flexibility index (Phi) is 7.76. The van der Waals surface area contributed by atoms with Crippen molar-refractivity contribution in [3.05, 3.63) is 24.1 Å². The topological polar surface area (TPSA) is 34.1 Å². The van der Waals surface area contributed by atoms with Crippen LogP contribution in [-0.2, 0) is 9.57 Å². The molecule has 1 atom stereocenters. The Bertz CT molecular complexity index is 440. The minimum Gasteiger partial charge on any atom is -0.388 e. The van der Waals surface area contributed by atoms with Gasteiger partial charge in [-0.1, -0.05) is 11.2 Å². The summed E-state index contributed by atoms with van der Waals surface area (Å²) in [6.45, 7) is 6.00. The maximum atomic E-state index is 13.5. The second-order valence-electron chi connectivity index (χ2n) is 6.37. The maximum absolute atomic E-state index is 13.5. The molecular formula is C18H29FN2O2. The summed E-state index contributed by atoms with van der Waals surface area (Å²) >= 11 is 0. The Morgan fingerprint density at radius 3 is 2.87 bits per heavy atom. The first-order valence-electron chi connectivity index (χ1n) is 8.66. The lowest BCUT2D eigenvalue weighted by Gasteiger charge is -2.32. The van der Waals surface area contributed by atoms with Crippen molar-refractivity contribution < 1.29 is 14.0 Å². The van der Waals surface area contributed by atoms with Crippen LogP contribution in [0.15, 0.2) is 29.2 Å². The molecule has 0 aromatic rings. The van der Waals surface area contributed by atoms with Crippen LogP contribution in [0.2, 0.25) is 0 Å². The fraction of sp³-hybridized carbons (Fsp3) is 0.722. The Morgan fingerprint density at radius 1 is 1.35 bits per heavy atom. The molecule has 0 bridgehead atoms. The van der Waals surface area contributed by atoms with Gasteiger partial charge in [-0.2, -0.15) is 0 Å². The molecule has 2 aliphatic rings. The number of unbranched alkanes of at least 4 members (excludes halogenated alkanes) is 1. The maximum Gasteiger partial charge on any atom is 0.146 e. The van der Waals surface area contributed by atoms with Gasteiger partial charge in [0.2, 0.25) is 0 Å². The average molecular weight is 324 g/mol. The van der Waals surface area contributed by atoms with Gasteiger partial charge >= 0.3 is 0 Å². The molecule has 0 aliphatic carbocycles. The predicted octanol–water partition coefficient (Wildman–Crippen LogP) is 3.70. The van der Waals surface area contributed by atoms with Crippen LogP contribution in [-0.4, -0.2) is 50.1 Å². The minimum absolute atomic E-state index is 0.250. The highest BCUT2D eigenvalue weighted by Crippen LogP contribution is 2.22. The largest absolute Gasteiger partial charge is 0.388 e. The molecule has 2 rings (SSSR count). The van der Waals surface area contributed by atoms with Crippen molar-refractivity contribution in [2.45, 2.75) is 45.1 Å². The second-order valence-corrected chi connectivity index (χ2v) is 6.37. The Balaban J connectivity index is 1.80. The Labute approximate surface area is 139 Å². The van der Waals surface area contributed by atoms with Gasteiger partial charge in [-0.3, -0.25) is 0 Å². The number of hydrogen-bond acceptors (Lipinski definition) is 4. The van der Waals surface area contributed by atoms with E-state index in [-0.39, 0.29) is 11.9 Å². The first kappa shape index (κ1) is 18.1. The summed E-state index contributed by atoms with van der Waals surface area (Å²) in [6, 6.07) is 0. The van der Waals surface area contributed by atoms with Gasteiger partial charge in [0.15, 0.2) is 0 Å². The molecule has 1 saturated heterocycles. The lowest BCUT2D eigenvalue weighted by molar-refractivity contribution is 0.101. The third-order valence-corrected chi connectivity index (χ3v) is 4.47. The molecule has 0 amide bonds. The van der Waals surface area contributed by atoms with Crippen LogP contribution in [0.4, 0.5) is 4.39 Å². The molecule has 130 valence electrons. The minimum atomic E-state index is -0.325. The smallest absolute Gasteiger partial charge is 0.146 e.